The van der Waals surface area contributed by atoms with Crippen LogP contribution in [0.15, 0.2) is 12.3 Å². The van der Waals surface area contributed by atoms with Crippen LogP contribution in [0.1, 0.15) is 17.4 Å². The van der Waals surface area contributed by atoms with Gasteiger partial charge in [0.05, 0.1) is 36.5 Å². The highest BCUT2D eigenvalue weighted by Crippen LogP contribution is 2.18. The van der Waals surface area contributed by atoms with E-state index in [0.29, 0.717) is 6.61 Å². The van der Waals surface area contributed by atoms with Gasteiger partial charge in [-0.2, -0.15) is 0 Å². The first-order chi connectivity index (χ1) is 9.02. The zero-order valence-corrected chi connectivity index (χ0v) is 10.4. The van der Waals surface area contributed by atoms with Gasteiger partial charge in [0.25, 0.3) is 11.6 Å². The molecule has 0 aromatic carbocycles. The summed E-state index contributed by atoms with van der Waals surface area (Å²) in [5.41, 5.74) is 0.0140. The van der Waals surface area contributed by atoms with E-state index < -0.39 is 11.0 Å². The van der Waals surface area contributed by atoms with Gasteiger partial charge in [-0.05, 0) is 6.92 Å². The summed E-state index contributed by atoms with van der Waals surface area (Å²) in [6.07, 6.45) is 0.770. The minimum absolute atomic E-state index is 0.141. The number of nitrogens with one attached hydrogen (secondary N) is 1. The largest absolute Gasteiger partial charge is 0.394 e. The van der Waals surface area contributed by atoms with E-state index in [1.807, 2.05) is 6.92 Å². The molecular weight excluding hydrogens is 254 g/mol. The number of ether oxygens (including phenoxy) is 1. The Morgan fingerprint density at radius 1 is 1.74 bits per heavy atom. The van der Waals surface area contributed by atoms with Gasteiger partial charge in [-0.3, -0.25) is 14.9 Å². The third-order valence-corrected chi connectivity index (χ3v) is 3.08. The van der Waals surface area contributed by atoms with Crippen molar-refractivity contribution in [3.05, 3.63) is 28.1 Å². The van der Waals surface area contributed by atoms with E-state index in [9.17, 15) is 14.9 Å². The van der Waals surface area contributed by atoms with Crippen molar-refractivity contribution in [3.63, 3.8) is 0 Å². The molecule has 1 aliphatic rings. The molecular formula is C11H15N3O5. The lowest BCUT2D eigenvalue weighted by Crippen LogP contribution is -2.52. The number of H-pyrrole nitrogens is 1. The molecule has 2 rings (SSSR count). The number of nitro groups is 1. The molecule has 0 radical (unpaired) electrons. The number of amides is 1. The summed E-state index contributed by atoms with van der Waals surface area (Å²) in [6.45, 7) is 2.26. The second-order valence-electron chi connectivity index (χ2n) is 4.47. The summed E-state index contributed by atoms with van der Waals surface area (Å²) >= 11 is 0. The molecule has 0 spiro atoms. The summed E-state index contributed by atoms with van der Waals surface area (Å²) in [5.74, 6) is -0.331. The van der Waals surface area contributed by atoms with Crippen molar-refractivity contribution in [2.24, 2.45) is 0 Å². The second-order valence-corrected chi connectivity index (χ2v) is 4.47. The number of hydrogen-bond donors (Lipinski definition) is 2. The lowest BCUT2D eigenvalue weighted by molar-refractivity contribution is -0.384. The van der Waals surface area contributed by atoms with Gasteiger partial charge in [-0.15, -0.1) is 0 Å². The molecule has 19 heavy (non-hydrogen) atoms. The number of rotatable bonds is 3. The maximum Gasteiger partial charge on any atom is 0.287 e. The van der Waals surface area contributed by atoms with Crippen LogP contribution in [0.5, 0.6) is 0 Å². The molecule has 1 aromatic rings. The van der Waals surface area contributed by atoms with E-state index in [2.05, 4.69) is 4.98 Å². The van der Waals surface area contributed by atoms with E-state index in [-0.39, 0.29) is 36.5 Å². The van der Waals surface area contributed by atoms with Crippen molar-refractivity contribution in [2.75, 3.05) is 19.8 Å². The first kappa shape index (κ1) is 13.5. The molecule has 1 fully saturated rings. The number of carbonyl (C=O) groups is 1. The van der Waals surface area contributed by atoms with Crippen LogP contribution in [-0.2, 0) is 4.74 Å². The van der Waals surface area contributed by atoms with Crippen molar-refractivity contribution in [1.29, 1.82) is 0 Å². The number of aromatic amines is 1. The highest BCUT2D eigenvalue weighted by atomic mass is 16.6. The summed E-state index contributed by atoms with van der Waals surface area (Å²) < 4.78 is 5.34. The minimum atomic E-state index is -0.563. The summed E-state index contributed by atoms with van der Waals surface area (Å²) in [6, 6.07) is 1.07. The van der Waals surface area contributed by atoms with Gasteiger partial charge in [0, 0.05) is 12.6 Å². The van der Waals surface area contributed by atoms with Crippen molar-refractivity contribution in [3.8, 4) is 0 Å². The fourth-order valence-electron chi connectivity index (χ4n) is 1.98. The quantitative estimate of drug-likeness (QED) is 0.599. The van der Waals surface area contributed by atoms with Gasteiger partial charge >= 0.3 is 0 Å². The average molecular weight is 269 g/mol. The number of hydrogen-bond acceptors (Lipinski definition) is 5. The Kier molecular flexibility index (Phi) is 3.82. The molecule has 0 saturated carbocycles. The van der Waals surface area contributed by atoms with E-state index in [4.69, 9.17) is 9.84 Å². The Hall–Kier alpha value is -1.93. The van der Waals surface area contributed by atoms with Crippen molar-refractivity contribution in [1.82, 2.24) is 9.88 Å². The summed E-state index contributed by atoms with van der Waals surface area (Å²) in [5, 5.41) is 19.6. The highest BCUT2D eigenvalue weighted by molar-refractivity contribution is 5.93. The van der Waals surface area contributed by atoms with E-state index in [1.54, 1.807) is 4.90 Å². The van der Waals surface area contributed by atoms with Crippen LogP contribution in [0.4, 0.5) is 5.69 Å². The lowest BCUT2D eigenvalue weighted by Gasteiger charge is -2.37. The molecule has 1 amide bonds. The van der Waals surface area contributed by atoms with Crippen LogP contribution < -0.4 is 0 Å². The average Bonchev–Trinajstić information content (AvgIpc) is 2.88. The SMILES string of the molecule is CC1COC(CO)CN1C(=O)c1cc([N+](=O)[O-])c[nH]1. The van der Waals surface area contributed by atoms with Crippen molar-refractivity contribution in [2.45, 2.75) is 19.1 Å². The molecule has 2 heterocycles. The number of aliphatic hydroxyl groups excluding tert-OH is 1. The smallest absolute Gasteiger partial charge is 0.287 e. The van der Waals surface area contributed by atoms with Crippen molar-refractivity contribution >= 4 is 11.6 Å². The molecule has 104 valence electrons. The van der Waals surface area contributed by atoms with Crippen LogP contribution in [-0.4, -0.2) is 57.7 Å². The number of carbonyl (C=O) groups excluding carboxylic acids is 1. The van der Waals surface area contributed by atoms with Crippen LogP contribution in [0.3, 0.4) is 0 Å². The lowest BCUT2D eigenvalue weighted by atomic mass is 10.2. The summed E-state index contributed by atoms with van der Waals surface area (Å²) in [7, 11) is 0. The molecule has 2 atom stereocenters. The predicted octanol–water partition coefficient (Wildman–Crippen LogP) is 0.145. The maximum absolute atomic E-state index is 12.2. The van der Waals surface area contributed by atoms with Gasteiger partial charge in [0.2, 0.25) is 0 Å². The monoisotopic (exact) mass is 269 g/mol. The van der Waals surface area contributed by atoms with Crippen LogP contribution in [0.2, 0.25) is 0 Å². The fourth-order valence-corrected chi connectivity index (χ4v) is 1.98. The minimum Gasteiger partial charge on any atom is -0.394 e. The Balaban J connectivity index is 2.14. The van der Waals surface area contributed by atoms with Gasteiger partial charge < -0.3 is 19.7 Å². The molecule has 8 heteroatoms. The molecule has 0 bridgehead atoms. The highest BCUT2D eigenvalue weighted by Gasteiger charge is 2.31. The van der Waals surface area contributed by atoms with Crippen LogP contribution >= 0.6 is 0 Å². The van der Waals surface area contributed by atoms with Crippen molar-refractivity contribution < 1.29 is 19.6 Å². The summed E-state index contributed by atoms with van der Waals surface area (Å²) in [4.78, 5) is 26.4. The number of aliphatic hydroxyl groups is 1. The molecule has 1 aliphatic heterocycles. The Morgan fingerprint density at radius 2 is 2.47 bits per heavy atom. The molecule has 2 unspecified atom stereocenters. The Morgan fingerprint density at radius 3 is 3.05 bits per heavy atom. The van der Waals surface area contributed by atoms with Crippen LogP contribution in [0, 0.1) is 10.1 Å². The molecule has 1 saturated heterocycles. The first-order valence-electron chi connectivity index (χ1n) is 5.89. The molecule has 0 aliphatic carbocycles. The zero-order valence-electron chi connectivity index (χ0n) is 10.4. The number of aromatic nitrogens is 1. The van der Waals surface area contributed by atoms with Gasteiger partial charge in [0.1, 0.15) is 5.69 Å². The van der Waals surface area contributed by atoms with Gasteiger partial charge in [-0.1, -0.05) is 0 Å². The Bertz CT molecular complexity index is 486. The standard InChI is InChI=1S/C11H15N3O5/c1-7-6-19-9(5-15)4-13(7)11(16)10-2-8(3-12-10)14(17)18/h2-3,7,9,12,15H,4-6H2,1H3. The molecule has 2 N–H and O–H groups in total. The van der Waals surface area contributed by atoms with Gasteiger partial charge in [-0.25, -0.2) is 0 Å². The zero-order chi connectivity index (χ0) is 14.0. The van der Waals surface area contributed by atoms with Crippen LogP contribution in [0.25, 0.3) is 0 Å². The normalized spacial score (nSPS) is 23.4. The second kappa shape index (κ2) is 5.37. The Labute approximate surface area is 109 Å². The topological polar surface area (TPSA) is 109 Å². The third kappa shape index (κ3) is 2.74. The molecule has 8 nitrogen and oxygen atoms in total. The molecule has 1 aromatic heterocycles. The fraction of sp³-hybridized carbons (Fsp3) is 0.545. The van der Waals surface area contributed by atoms with E-state index in [0.717, 1.165) is 0 Å². The first-order valence-corrected chi connectivity index (χ1v) is 5.89. The van der Waals surface area contributed by atoms with Gasteiger partial charge in [0.15, 0.2) is 0 Å². The van der Waals surface area contributed by atoms with E-state index >= 15 is 0 Å². The van der Waals surface area contributed by atoms with E-state index in [1.165, 1.54) is 12.3 Å². The maximum atomic E-state index is 12.2. The number of morpholine rings is 1. The predicted molar refractivity (Wildman–Crippen MR) is 64.8 cm³/mol. The third-order valence-electron chi connectivity index (χ3n) is 3.08. The number of nitrogens with zero attached hydrogens (tertiary/aromatic N) is 2.